The number of aromatic nitrogens is 1. The molecule has 0 amide bonds. The van der Waals surface area contributed by atoms with Crippen LogP contribution in [-0.2, 0) is 6.54 Å². The van der Waals surface area contributed by atoms with Gasteiger partial charge >= 0.3 is 0 Å². The lowest BCUT2D eigenvalue weighted by Gasteiger charge is -2.14. The fraction of sp³-hybridized carbons (Fsp3) is 0.0476. The first-order valence-corrected chi connectivity index (χ1v) is 11.1. The molecule has 0 bridgehead atoms. The van der Waals surface area contributed by atoms with Crippen LogP contribution in [0.1, 0.15) is 10.4 Å². The number of benzene rings is 2. The molecule has 0 aliphatic heterocycles. The van der Waals surface area contributed by atoms with Crippen LogP contribution in [0.3, 0.4) is 0 Å². The summed E-state index contributed by atoms with van der Waals surface area (Å²) in [6.45, 7) is 0.625. The fourth-order valence-electron chi connectivity index (χ4n) is 2.93. The summed E-state index contributed by atoms with van der Waals surface area (Å²) in [4.78, 5) is 5.49. The lowest BCUT2D eigenvalue weighted by atomic mass is 10.1. The van der Waals surface area contributed by atoms with Gasteiger partial charge in [-0.2, -0.15) is 5.26 Å². The number of hydrogen-bond acceptors (Lipinski definition) is 5. The van der Waals surface area contributed by atoms with Gasteiger partial charge in [0.1, 0.15) is 11.9 Å². The third-order valence-electron chi connectivity index (χ3n) is 4.32. The Morgan fingerprint density at radius 1 is 1.13 bits per heavy atom. The Morgan fingerprint density at radius 2 is 1.93 bits per heavy atom. The van der Waals surface area contributed by atoms with E-state index in [4.69, 9.17) is 23.2 Å². The molecule has 2 N–H and O–H groups in total. The summed E-state index contributed by atoms with van der Waals surface area (Å²) in [6.07, 6.45) is 1.46. The first-order chi connectivity index (χ1) is 14.4. The van der Waals surface area contributed by atoms with Gasteiger partial charge in [-0.3, -0.25) is 4.98 Å². The van der Waals surface area contributed by atoms with E-state index in [9.17, 15) is 9.65 Å². The third-order valence-corrected chi connectivity index (χ3v) is 6.60. The molecule has 4 aromatic rings. The van der Waals surface area contributed by atoms with Gasteiger partial charge in [-0.15, -0.1) is 11.3 Å². The molecular formula is C21H12BrCl2FN4S. The standard InChI is InChI=1S/C21H12BrCl2FN4S/c22-12-3-15(30-10-12)9-27-14-4-16-20(29-13-1-2-19(25)17(23)5-13)11(7-26)8-28-21(16)18(24)6-14/h1-6,8,10,27H,9H2,(H,28,29). The maximum Gasteiger partial charge on any atom is 0.141 e. The van der Waals surface area contributed by atoms with Crippen LogP contribution < -0.4 is 10.6 Å². The molecule has 9 heteroatoms. The van der Waals surface area contributed by atoms with Crippen LogP contribution in [0.15, 0.2) is 52.4 Å². The van der Waals surface area contributed by atoms with Crippen molar-refractivity contribution in [3.05, 3.63) is 78.8 Å². The molecule has 4 rings (SSSR count). The molecule has 0 saturated carbocycles. The first-order valence-electron chi connectivity index (χ1n) is 8.66. The second-order valence-electron chi connectivity index (χ2n) is 6.35. The number of anilines is 3. The van der Waals surface area contributed by atoms with E-state index in [1.807, 2.05) is 17.5 Å². The Balaban J connectivity index is 1.75. The van der Waals surface area contributed by atoms with Gasteiger partial charge in [0.15, 0.2) is 0 Å². The van der Waals surface area contributed by atoms with Gasteiger partial charge in [-0.25, -0.2) is 4.39 Å². The highest BCUT2D eigenvalue weighted by atomic mass is 79.9. The lowest BCUT2D eigenvalue weighted by molar-refractivity contribution is 0.628. The monoisotopic (exact) mass is 520 g/mol. The molecule has 30 heavy (non-hydrogen) atoms. The molecule has 0 radical (unpaired) electrons. The van der Waals surface area contributed by atoms with Gasteiger partial charge in [0.05, 0.1) is 26.8 Å². The molecule has 0 saturated heterocycles. The minimum Gasteiger partial charge on any atom is -0.380 e. The summed E-state index contributed by atoms with van der Waals surface area (Å²) in [6, 6.07) is 12.1. The van der Waals surface area contributed by atoms with Gasteiger partial charge in [0.2, 0.25) is 0 Å². The molecule has 0 aliphatic carbocycles. The number of halogens is 4. The van der Waals surface area contributed by atoms with Crippen LogP contribution >= 0.6 is 50.5 Å². The Hall–Kier alpha value is -2.37. The van der Waals surface area contributed by atoms with Crippen LogP contribution in [0.5, 0.6) is 0 Å². The van der Waals surface area contributed by atoms with Gasteiger partial charge in [-0.1, -0.05) is 23.2 Å². The third kappa shape index (κ3) is 4.37. The number of nitriles is 1. The molecule has 0 unspecified atom stereocenters. The van der Waals surface area contributed by atoms with Crippen molar-refractivity contribution < 1.29 is 4.39 Å². The number of thiophene rings is 1. The second kappa shape index (κ2) is 8.78. The average molecular weight is 522 g/mol. The van der Waals surface area contributed by atoms with E-state index in [1.54, 1.807) is 23.5 Å². The van der Waals surface area contributed by atoms with E-state index in [1.165, 1.54) is 18.3 Å². The van der Waals surface area contributed by atoms with Crippen molar-refractivity contribution in [2.75, 3.05) is 10.6 Å². The normalized spacial score (nSPS) is 10.8. The number of fused-ring (bicyclic) bond motifs is 1. The molecule has 0 atom stereocenters. The zero-order valence-corrected chi connectivity index (χ0v) is 19.1. The molecule has 0 fully saturated rings. The molecule has 2 aromatic carbocycles. The smallest absolute Gasteiger partial charge is 0.141 e. The Bertz CT molecular complexity index is 1300. The maximum absolute atomic E-state index is 13.5. The summed E-state index contributed by atoms with van der Waals surface area (Å²) in [7, 11) is 0. The van der Waals surface area contributed by atoms with Crippen molar-refractivity contribution in [2.24, 2.45) is 0 Å². The molecule has 0 spiro atoms. The summed E-state index contributed by atoms with van der Waals surface area (Å²) in [5, 5.41) is 19.2. The topological polar surface area (TPSA) is 60.7 Å². The highest BCUT2D eigenvalue weighted by Crippen LogP contribution is 2.35. The van der Waals surface area contributed by atoms with Crippen molar-refractivity contribution in [3.63, 3.8) is 0 Å². The van der Waals surface area contributed by atoms with Crippen LogP contribution in [-0.4, -0.2) is 4.98 Å². The van der Waals surface area contributed by atoms with Crippen LogP contribution in [0, 0.1) is 17.1 Å². The van der Waals surface area contributed by atoms with Gasteiger partial charge in [0.25, 0.3) is 0 Å². The minimum atomic E-state index is -0.517. The lowest BCUT2D eigenvalue weighted by Crippen LogP contribution is -2.00. The first kappa shape index (κ1) is 20.9. The predicted molar refractivity (Wildman–Crippen MR) is 126 cm³/mol. The van der Waals surface area contributed by atoms with E-state index >= 15 is 0 Å². The van der Waals surface area contributed by atoms with Gasteiger partial charge < -0.3 is 10.6 Å². The minimum absolute atomic E-state index is 0.0145. The summed E-state index contributed by atoms with van der Waals surface area (Å²) in [5.74, 6) is -0.517. The zero-order chi connectivity index (χ0) is 21.3. The fourth-order valence-corrected chi connectivity index (χ4v) is 4.77. The number of nitrogens with zero attached hydrogens (tertiary/aromatic N) is 2. The average Bonchev–Trinajstić information content (AvgIpc) is 3.15. The number of rotatable bonds is 5. The van der Waals surface area contributed by atoms with E-state index in [2.05, 4.69) is 37.6 Å². The van der Waals surface area contributed by atoms with Crippen LogP contribution in [0.4, 0.5) is 21.5 Å². The number of nitrogens with one attached hydrogen (secondary N) is 2. The highest BCUT2D eigenvalue weighted by Gasteiger charge is 2.14. The predicted octanol–water partition coefficient (Wildman–Crippen LogP) is 7.73. The summed E-state index contributed by atoms with van der Waals surface area (Å²) >= 11 is 17.5. The molecule has 2 heterocycles. The molecular weight excluding hydrogens is 510 g/mol. The van der Waals surface area contributed by atoms with E-state index in [0.29, 0.717) is 39.4 Å². The van der Waals surface area contributed by atoms with Crippen molar-refractivity contribution in [2.45, 2.75) is 6.54 Å². The SMILES string of the molecule is N#Cc1cnc2c(Cl)cc(NCc3cc(Br)cs3)cc2c1Nc1ccc(F)c(Cl)c1. The van der Waals surface area contributed by atoms with Gasteiger partial charge in [-0.05, 0) is 52.3 Å². The van der Waals surface area contributed by atoms with Crippen molar-refractivity contribution in [1.29, 1.82) is 5.26 Å². The molecule has 2 aromatic heterocycles. The largest absolute Gasteiger partial charge is 0.380 e. The zero-order valence-electron chi connectivity index (χ0n) is 15.1. The Kier molecular flexibility index (Phi) is 6.11. The van der Waals surface area contributed by atoms with Crippen LogP contribution in [0.2, 0.25) is 10.0 Å². The Morgan fingerprint density at radius 3 is 2.63 bits per heavy atom. The van der Waals surface area contributed by atoms with Gasteiger partial charge in [0, 0.05) is 44.2 Å². The van der Waals surface area contributed by atoms with E-state index in [0.717, 1.165) is 15.0 Å². The number of pyridine rings is 1. The molecule has 4 nitrogen and oxygen atoms in total. The second-order valence-corrected chi connectivity index (χ2v) is 9.08. The quantitative estimate of drug-likeness (QED) is 0.282. The molecule has 0 aliphatic rings. The summed E-state index contributed by atoms with van der Waals surface area (Å²) < 4.78 is 14.6. The van der Waals surface area contributed by atoms with Crippen molar-refractivity contribution >= 4 is 78.4 Å². The van der Waals surface area contributed by atoms with Crippen molar-refractivity contribution in [1.82, 2.24) is 4.98 Å². The highest BCUT2D eigenvalue weighted by molar-refractivity contribution is 9.10. The Labute approximate surface area is 194 Å². The summed E-state index contributed by atoms with van der Waals surface area (Å²) in [5.41, 5.74) is 2.74. The molecule has 150 valence electrons. The van der Waals surface area contributed by atoms with Crippen LogP contribution in [0.25, 0.3) is 10.9 Å². The van der Waals surface area contributed by atoms with Crippen molar-refractivity contribution in [3.8, 4) is 6.07 Å². The van der Waals surface area contributed by atoms with E-state index < -0.39 is 5.82 Å². The van der Waals surface area contributed by atoms with E-state index in [-0.39, 0.29) is 5.02 Å². The number of hydrogen-bond donors (Lipinski definition) is 2. The maximum atomic E-state index is 13.5.